The molecule has 0 aromatic rings. The molecule has 0 saturated heterocycles. The average molecular weight is 390 g/mol. The van der Waals surface area contributed by atoms with Gasteiger partial charge in [-0.05, 0) is 38.5 Å². The Labute approximate surface area is 168 Å². The zero-order valence-electron chi connectivity index (χ0n) is 19.0. The van der Waals surface area contributed by atoms with Gasteiger partial charge in [0.2, 0.25) is 11.8 Å². The molecule has 2 atom stereocenters. The minimum Gasteiger partial charge on any atom is -0.337 e. The first-order valence-electron chi connectivity index (χ1n) is 11.4. The summed E-state index contributed by atoms with van der Waals surface area (Å²) >= 11 is 0. The molecule has 0 aromatic heterocycles. The highest BCUT2D eigenvalue weighted by molar-refractivity contribution is 4.77. The van der Waals surface area contributed by atoms with Crippen molar-refractivity contribution in [2.45, 2.75) is 118 Å². The van der Waals surface area contributed by atoms with Crippen molar-refractivity contribution in [3.05, 3.63) is 0 Å². The van der Waals surface area contributed by atoms with Crippen molar-refractivity contribution in [3.63, 3.8) is 0 Å². The van der Waals surface area contributed by atoms with E-state index in [1.807, 2.05) is 0 Å². The van der Waals surface area contributed by atoms with Crippen LogP contribution in [0.25, 0.3) is 0 Å². The number of nitrogens with one attached hydrogen (secondary N) is 1. The molecule has 0 spiro atoms. The van der Waals surface area contributed by atoms with Crippen LogP contribution in [0, 0.1) is 0 Å². The van der Waals surface area contributed by atoms with Crippen LogP contribution in [0.15, 0.2) is 0 Å². The lowest BCUT2D eigenvalue weighted by molar-refractivity contribution is -0.348. The average Bonchev–Trinajstić information content (AvgIpc) is 2.65. The Morgan fingerprint density at radius 3 is 1.15 bits per heavy atom. The second-order valence-electron chi connectivity index (χ2n) is 7.23. The molecule has 0 heterocycles. The van der Waals surface area contributed by atoms with E-state index in [1.165, 1.54) is 0 Å². The maximum Gasteiger partial charge on any atom is 0.231 e. The molecule has 5 heteroatoms. The summed E-state index contributed by atoms with van der Waals surface area (Å²) in [4.78, 5) is 0. The van der Waals surface area contributed by atoms with Gasteiger partial charge in [-0.3, -0.25) is 0 Å². The minimum absolute atomic E-state index is 0.643. The normalized spacial score (nSPS) is 16.2. The fourth-order valence-electron chi connectivity index (χ4n) is 2.89. The van der Waals surface area contributed by atoms with Crippen molar-refractivity contribution in [2.24, 2.45) is 0 Å². The van der Waals surface area contributed by atoms with E-state index < -0.39 is 11.8 Å². The predicted molar refractivity (Wildman–Crippen MR) is 113 cm³/mol. The van der Waals surface area contributed by atoms with E-state index in [1.54, 1.807) is 0 Å². The molecule has 0 saturated carbocycles. The van der Waals surface area contributed by atoms with Crippen molar-refractivity contribution in [1.82, 2.24) is 5.32 Å². The second kappa shape index (κ2) is 16.7. The first kappa shape index (κ1) is 26.8. The third-order valence-corrected chi connectivity index (χ3v) is 4.28. The van der Waals surface area contributed by atoms with Gasteiger partial charge in [-0.2, -0.15) is 0 Å². The molecule has 164 valence electrons. The van der Waals surface area contributed by atoms with Crippen LogP contribution in [-0.4, -0.2) is 38.2 Å². The summed E-state index contributed by atoms with van der Waals surface area (Å²) in [7, 11) is 0. The van der Waals surface area contributed by atoms with Gasteiger partial charge in [0.1, 0.15) is 0 Å². The molecule has 0 fully saturated rings. The smallest absolute Gasteiger partial charge is 0.231 e. The zero-order valence-corrected chi connectivity index (χ0v) is 19.0. The lowest BCUT2D eigenvalue weighted by Gasteiger charge is -2.44. The monoisotopic (exact) mass is 389 g/mol. The molecule has 0 aliphatic carbocycles. The molecular formula is C22H47NO4. The lowest BCUT2D eigenvalue weighted by atomic mass is 10.2. The molecule has 5 nitrogen and oxygen atoms in total. The highest BCUT2D eigenvalue weighted by atomic mass is 16.8. The summed E-state index contributed by atoms with van der Waals surface area (Å²) in [6.07, 6.45) is 9.51. The Balaban J connectivity index is 5.55. The molecule has 27 heavy (non-hydrogen) atoms. The van der Waals surface area contributed by atoms with Crippen molar-refractivity contribution >= 4 is 0 Å². The molecular weight excluding hydrogens is 342 g/mol. The van der Waals surface area contributed by atoms with E-state index in [0.29, 0.717) is 26.4 Å². The summed E-state index contributed by atoms with van der Waals surface area (Å²) < 4.78 is 25.1. The maximum atomic E-state index is 6.31. The highest BCUT2D eigenvalue weighted by Gasteiger charge is 2.43. The van der Waals surface area contributed by atoms with Gasteiger partial charge in [0.25, 0.3) is 0 Å². The van der Waals surface area contributed by atoms with E-state index in [0.717, 1.165) is 64.2 Å². The SMILES string of the molecule is CCCCOC(CCC)(NC(CCC)(OCCC)OCCCC)OCCC. The van der Waals surface area contributed by atoms with Crippen molar-refractivity contribution < 1.29 is 18.9 Å². The van der Waals surface area contributed by atoms with E-state index in [4.69, 9.17) is 18.9 Å². The van der Waals surface area contributed by atoms with Crippen LogP contribution in [-0.2, 0) is 18.9 Å². The van der Waals surface area contributed by atoms with Crippen molar-refractivity contribution in [3.8, 4) is 0 Å². The Hall–Kier alpha value is -0.200. The molecule has 0 bridgehead atoms. The van der Waals surface area contributed by atoms with Gasteiger partial charge in [0.15, 0.2) is 0 Å². The number of hydrogen-bond acceptors (Lipinski definition) is 5. The van der Waals surface area contributed by atoms with Crippen LogP contribution in [0.5, 0.6) is 0 Å². The Morgan fingerprint density at radius 1 is 0.481 bits per heavy atom. The minimum atomic E-state index is -0.866. The number of ether oxygens (including phenoxy) is 4. The second-order valence-corrected chi connectivity index (χ2v) is 7.23. The van der Waals surface area contributed by atoms with Gasteiger partial charge >= 0.3 is 0 Å². The van der Waals surface area contributed by atoms with E-state index in [9.17, 15) is 0 Å². The fraction of sp³-hybridized carbons (Fsp3) is 1.00. The predicted octanol–water partition coefficient (Wildman–Crippen LogP) is 5.97. The largest absolute Gasteiger partial charge is 0.337 e. The topological polar surface area (TPSA) is 49.0 Å². The summed E-state index contributed by atoms with van der Waals surface area (Å²) in [5, 5.41) is 3.58. The summed E-state index contributed by atoms with van der Waals surface area (Å²) in [5.41, 5.74) is 0. The molecule has 0 amide bonds. The molecule has 0 aromatic carbocycles. The molecule has 0 rings (SSSR count). The van der Waals surface area contributed by atoms with Crippen LogP contribution in [0.3, 0.4) is 0 Å². The van der Waals surface area contributed by atoms with Gasteiger partial charge in [0, 0.05) is 12.8 Å². The Morgan fingerprint density at radius 2 is 0.852 bits per heavy atom. The maximum absolute atomic E-state index is 6.31. The molecule has 1 N–H and O–H groups in total. The number of hydrogen-bond donors (Lipinski definition) is 1. The summed E-state index contributed by atoms with van der Waals surface area (Å²) in [6.45, 7) is 15.5. The number of unbranched alkanes of at least 4 members (excludes halogenated alkanes) is 2. The van der Waals surface area contributed by atoms with Gasteiger partial charge in [-0.25, -0.2) is 5.32 Å². The third kappa shape index (κ3) is 11.4. The van der Waals surface area contributed by atoms with E-state index in [-0.39, 0.29) is 0 Å². The van der Waals surface area contributed by atoms with Crippen LogP contribution >= 0.6 is 0 Å². The van der Waals surface area contributed by atoms with Crippen LogP contribution < -0.4 is 5.32 Å². The molecule has 2 unspecified atom stereocenters. The Kier molecular flexibility index (Phi) is 16.6. The fourth-order valence-corrected chi connectivity index (χ4v) is 2.89. The van der Waals surface area contributed by atoms with Crippen LogP contribution in [0.2, 0.25) is 0 Å². The van der Waals surface area contributed by atoms with Crippen LogP contribution in [0.1, 0.15) is 106 Å². The number of rotatable bonds is 20. The highest BCUT2D eigenvalue weighted by Crippen LogP contribution is 2.27. The van der Waals surface area contributed by atoms with Crippen molar-refractivity contribution in [1.29, 1.82) is 0 Å². The van der Waals surface area contributed by atoms with Gasteiger partial charge in [-0.1, -0.05) is 54.4 Å². The first-order valence-corrected chi connectivity index (χ1v) is 11.4. The van der Waals surface area contributed by atoms with Gasteiger partial charge in [-0.15, -0.1) is 0 Å². The van der Waals surface area contributed by atoms with Crippen molar-refractivity contribution in [2.75, 3.05) is 26.4 Å². The van der Waals surface area contributed by atoms with E-state index in [2.05, 4.69) is 46.9 Å². The molecule has 0 radical (unpaired) electrons. The Bertz CT molecular complexity index is 299. The third-order valence-electron chi connectivity index (χ3n) is 4.28. The zero-order chi connectivity index (χ0) is 20.4. The van der Waals surface area contributed by atoms with Crippen LogP contribution in [0.4, 0.5) is 0 Å². The first-order chi connectivity index (χ1) is 13.1. The molecule has 0 aliphatic heterocycles. The quantitative estimate of drug-likeness (QED) is 0.205. The summed E-state index contributed by atoms with van der Waals surface area (Å²) in [6, 6.07) is 0. The van der Waals surface area contributed by atoms with Gasteiger partial charge in [0.05, 0.1) is 26.4 Å². The summed E-state index contributed by atoms with van der Waals surface area (Å²) in [5.74, 6) is -1.73. The standard InChI is InChI=1S/C22H47NO4/c1-7-13-19-26-21(15-9-3,24-17-11-5)23-22(16-10-4,25-18-12-6)27-20-14-8-2/h23H,7-20H2,1-6H3. The van der Waals surface area contributed by atoms with Gasteiger partial charge < -0.3 is 18.9 Å². The lowest BCUT2D eigenvalue weighted by Crippen LogP contribution is -2.63. The molecule has 0 aliphatic rings. The van der Waals surface area contributed by atoms with E-state index >= 15 is 0 Å².